The van der Waals surface area contributed by atoms with Gasteiger partial charge in [0, 0.05) is 32.8 Å². The van der Waals surface area contributed by atoms with Gasteiger partial charge in [0.1, 0.15) is 0 Å². The average Bonchev–Trinajstić information content (AvgIpc) is 3.60. The maximum Gasteiger partial charge on any atom is 0.0573 e. The summed E-state index contributed by atoms with van der Waals surface area (Å²) in [6.07, 6.45) is 12.3. The summed E-state index contributed by atoms with van der Waals surface area (Å²) >= 11 is 0. The molecule has 7 nitrogen and oxygen atoms in total. The van der Waals surface area contributed by atoms with E-state index in [-0.39, 0.29) is 19.3 Å². The second-order valence-corrected chi connectivity index (χ2v) is 18.9. The molecule has 1 aliphatic heterocycles. The molecule has 0 spiro atoms. The van der Waals surface area contributed by atoms with Crippen molar-refractivity contribution in [3.8, 4) is 0 Å². The Hall–Kier alpha value is -0.280. The summed E-state index contributed by atoms with van der Waals surface area (Å²) in [7, 11) is 0. The quantitative estimate of drug-likeness (QED) is 0.140. The van der Waals surface area contributed by atoms with Gasteiger partial charge in [-0.15, -0.1) is 0 Å². The minimum absolute atomic E-state index is 0.0278. The molecule has 7 heteroatoms. The summed E-state index contributed by atoms with van der Waals surface area (Å²) < 4.78 is 0. The Bertz CT molecular complexity index is 728. The molecule has 0 amide bonds. The molecule has 1 heterocycles. The van der Waals surface area contributed by atoms with Crippen LogP contribution in [0.5, 0.6) is 0 Å². The molecular weight excluding hydrogens is 588 g/mol. The fraction of sp³-hybridized carbons (Fsp3) is 1.00. The van der Waals surface area contributed by atoms with Crippen molar-refractivity contribution in [3.05, 3.63) is 0 Å². The lowest BCUT2D eigenvalue weighted by atomic mass is 9.75. The molecule has 0 radical (unpaired) electrons. The maximum absolute atomic E-state index is 9.52. The molecule has 6 N–H and O–H groups in total. The summed E-state index contributed by atoms with van der Waals surface area (Å²) in [5, 5.41) is 48.4. The van der Waals surface area contributed by atoms with E-state index >= 15 is 0 Å². The Labute approximate surface area is 292 Å². The molecule has 0 aromatic heterocycles. The lowest BCUT2D eigenvalue weighted by Gasteiger charge is -2.31. The van der Waals surface area contributed by atoms with Crippen LogP contribution in [0, 0.1) is 51.8 Å². The number of rotatable bonds is 11. The monoisotopic (exact) mass is 673 g/mol. The SMILES string of the molecule is CC(C)(C)CC1CCC(CO)CC1.CC(C)(C)C[C@@H]1CNC[C@H]1CO.CC(C)(C)[C@@H]1CCC[C@H]1O.CC(C)CCN(CCO)CCO. The van der Waals surface area contributed by atoms with Crippen molar-refractivity contribution in [1.82, 2.24) is 10.2 Å². The van der Waals surface area contributed by atoms with E-state index in [1.165, 1.54) is 51.4 Å². The van der Waals surface area contributed by atoms with E-state index in [4.69, 9.17) is 20.4 Å². The molecule has 3 aliphatic rings. The van der Waals surface area contributed by atoms with Crippen molar-refractivity contribution in [2.75, 3.05) is 59.2 Å². The van der Waals surface area contributed by atoms with Gasteiger partial charge in [-0.3, -0.25) is 4.90 Å². The molecule has 3 rings (SSSR count). The lowest BCUT2D eigenvalue weighted by molar-refractivity contribution is 0.0684. The minimum atomic E-state index is -0.0278. The number of nitrogens with zero attached hydrogens (tertiary/aromatic N) is 1. The summed E-state index contributed by atoms with van der Waals surface area (Å²) in [5.74, 6) is 3.91. The normalized spacial score (nSPS) is 26.7. The highest BCUT2D eigenvalue weighted by Crippen LogP contribution is 2.39. The van der Waals surface area contributed by atoms with Gasteiger partial charge in [-0.1, -0.05) is 95.4 Å². The van der Waals surface area contributed by atoms with Crippen LogP contribution in [0.2, 0.25) is 0 Å². The fourth-order valence-electron chi connectivity index (χ4n) is 7.52. The number of hydrogen-bond acceptors (Lipinski definition) is 7. The van der Waals surface area contributed by atoms with Crippen molar-refractivity contribution in [2.24, 2.45) is 51.8 Å². The molecule has 1 saturated heterocycles. The van der Waals surface area contributed by atoms with Crippen LogP contribution in [-0.4, -0.2) is 95.7 Å². The third-order valence-electron chi connectivity index (χ3n) is 10.2. The first-order valence-corrected chi connectivity index (χ1v) is 19.3. The van der Waals surface area contributed by atoms with E-state index in [1.54, 1.807) is 0 Å². The molecule has 47 heavy (non-hydrogen) atoms. The fourth-order valence-corrected chi connectivity index (χ4v) is 7.52. The van der Waals surface area contributed by atoms with Gasteiger partial charge in [0.25, 0.3) is 0 Å². The van der Waals surface area contributed by atoms with Gasteiger partial charge in [-0.2, -0.15) is 0 Å². The largest absolute Gasteiger partial charge is 0.396 e. The van der Waals surface area contributed by atoms with Gasteiger partial charge in [0.05, 0.1) is 19.3 Å². The number of nitrogens with one attached hydrogen (secondary N) is 1. The van der Waals surface area contributed by atoms with E-state index in [2.05, 4.69) is 86.4 Å². The molecule has 3 fully saturated rings. The van der Waals surface area contributed by atoms with Crippen LogP contribution < -0.4 is 5.32 Å². The zero-order valence-corrected chi connectivity index (χ0v) is 33.2. The van der Waals surface area contributed by atoms with Gasteiger partial charge in [-0.25, -0.2) is 0 Å². The van der Waals surface area contributed by atoms with Crippen molar-refractivity contribution < 1.29 is 25.5 Å². The van der Waals surface area contributed by atoms with Gasteiger partial charge >= 0.3 is 0 Å². The van der Waals surface area contributed by atoms with Gasteiger partial charge < -0.3 is 30.8 Å². The van der Waals surface area contributed by atoms with Crippen LogP contribution in [0.15, 0.2) is 0 Å². The van der Waals surface area contributed by atoms with E-state index in [0.717, 1.165) is 38.4 Å². The lowest BCUT2D eigenvalue weighted by Crippen LogP contribution is -2.31. The highest BCUT2D eigenvalue weighted by Gasteiger charge is 2.34. The van der Waals surface area contributed by atoms with E-state index in [9.17, 15) is 5.11 Å². The first-order valence-electron chi connectivity index (χ1n) is 19.3. The molecule has 2 saturated carbocycles. The molecule has 0 bridgehead atoms. The zero-order valence-electron chi connectivity index (χ0n) is 33.2. The van der Waals surface area contributed by atoms with Crippen LogP contribution in [0.1, 0.15) is 140 Å². The topological polar surface area (TPSA) is 116 Å². The maximum atomic E-state index is 9.52. The Morgan fingerprint density at radius 3 is 1.51 bits per heavy atom. The van der Waals surface area contributed by atoms with Crippen LogP contribution in [0.3, 0.4) is 0 Å². The van der Waals surface area contributed by atoms with Crippen molar-refractivity contribution in [2.45, 2.75) is 146 Å². The van der Waals surface area contributed by atoms with Gasteiger partial charge in [0.15, 0.2) is 0 Å². The van der Waals surface area contributed by atoms with Crippen LogP contribution >= 0.6 is 0 Å². The van der Waals surface area contributed by atoms with Crippen LogP contribution in [0.25, 0.3) is 0 Å². The van der Waals surface area contributed by atoms with Crippen molar-refractivity contribution in [3.63, 3.8) is 0 Å². The molecule has 4 atom stereocenters. The Kier molecular flexibility index (Phi) is 23.9. The summed E-state index contributed by atoms with van der Waals surface area (Å²) in [4.78, 5) is 2.08. The summed E-state index contributed by atoms with van der Waals surface area (Å²) in [6.45, 7) is 30.3. The first kappa shape index (κ1) is 46.7. The number of aliphatic hydroxyl groups is 5. The number of aliphatic hydroxyl groups excluding tert-OH is 5. The Morgan fingerprint density at radius 1 is 0.638 bits per heavy atom. The van der Waals surface area contributed by atoms with Crippen LogP contribution in [0.4, 0.5) is 0 Å². The van der Waals surface area contributed by atoms with E-state index < -0.39 is 0 Å². The molecular formula is C40H84N2O5. The number of hydrogen-bond donors (Lipinski definition) is 6. The van der Waals surface area contributed by atoms with Crippen LogP contribution in [-0.2, 0) is 0 Å². The Balaban J connectivity index is 0.000000602. The van der Waals surface area contributed by atoms with Crippen molar-refractivity contribution >= 4 is 0 Å². The second-order valence-electron chi connectivity index (χ2n) is 18.9. The molecule has 284 valence electrons. The molecule has 2 aliphatic carbocycles. The third kappa shape index (κ3) is 23.7. The summed E-state index contributed by atoms with van der Waals surface area (Å²) in [5.41, 5.74) is 1.18. The molecule has 0 aromatic rings. The Morgan fingerprint density at radius 2 is 1.15 bits per heavy atom. The molecule has 0 unspecified atom stereocenters. The van der Waals surface area contributed by atoms with Gasteiger partial charge in [0.2, 0.25) is 0 Å². The standard InChI is InChI=1S/C12H24O.C10H21NO.C9H21NO2.C9H18O/c1-12(2,3)8-10-4-6-11(9-13)7-5-10;1-10(2,3)4-8-5-11-6-9(8)7-12;1-9(2)3-4-10(5-7-11)6-8-12;1-9(2,3)7-5-4-6-8(7)10/h10-11,13H,4-9H2,1-3H3;8-9,11-12H,4-7H2,1-3H3;9,11-12H,3-8H2,1-2H3;7-8,10H,4-6H2,1-3H3/t;8-,9+;;7-,8-/m.1.1/s1. The third-order valence-corrected chi connectivity index (χ3v) is 10.2. The van der Waals surface area contributed by atoms with E-state index in [0.29, 0.717) is 72.1 Å². The highest BCUT2D eigenvalue weighted by molar-refractivity contribution is 4.85. The van der Waals surface area contributed by atoms with E-state index in [1.807, 2.05) is 0 Å². The predicted octanol–water partition coefficient (Wildman–Crippen LogP) is 6.98. The highest BCUT2D eigenvalue weighted by atomic mass is 16.3. The zero-order chi connectivity index (χ0) is 36.3. The predicted molar refractivity (Wildman–Crippen MR) is 200 cm³/mol. The van der Waals surface area contributed by atoms with Crippen molar-refractivity contribution in [1.29, 1.82) is 0 Å². The smallest absolute Gasteiger partial charge is 0.0573 e. The second kappa shape index (κ2) is 24.0. The minimum Gasteiger partial charge on any atom is -0.396 e. The first-order chi connectivity index (χ1) is 21.8. The molecule has 0 aromatic carbocycles. The van der Waals surface area contributed by atoms with Gasteiger partial charge in [-0.05, 0) is 110 Å². The summed E-state index contributed by atoms with van der Waals surface area (Å²) in [6, 6.07) is 0. The average molecular weight is 673 g/mol.